The van der Waals surface area contributed by atoms with Crippen LogP contribution in [0.3, 0.4) is 0 Å². The lowest BCUT2D eigenvalue weighted by Gasteiger charge is -2.26. The van der Waals surface area contributed by atoms with Crippen LogP contribution in [0.25, 0.3) is 20.8 Å². The van der Waals surface area contributed by atoms with E-state index in [1.807, 2.05) is 24.3 Å². The summed E-state index contributed by atoms with van der Waals surface area (Å²) in [6, 6.07) is 13.4. The van der Waals surface area contributed by atoms with Crippen molar-refractivity contribution in [2.24, 2.45) is 0 Å². The molecular weight excluding hydrogens is 489 g/mol. The Bertz CT molecular complexity index is 1350. The molecule has 0 saturated heterocycles. The van der Waals surface area contributed by atoms with Crippen LogP contribution in [0.5, 0.6) is 5.75 Å². The van der Waals surface area contributed by atoms with Crippen molar-refractivity contribution in [2.75, 3.05) is 25.1 Å². The highest BCUT2D eigenvalue weighted by Crippen LogP contribution is 2.45. The van der Waals surface area contributed by atoms with Crippen LogP contribution in [0.2, 0.25) is 0 Å². The molecule has 0 saturated carbocycles. The molecule has 0 spiro atoms. The molecule has 2 amide bonds. The number of halogens is 1. The highest BCUT2D eigenvalue weighted by Gasteiger charge is 2.30. The average Bonchev–Trinajstić information content (AvgIpc) is 3.43. The third-order valence-electron chi connectivity index (χ3n) is 5.53. The molecule has 0 atom stereocenters. The van der Waals surface area contributed by atoms with Crippen LogP contribution in [0.15, 0.2) is 48.5 Å². The van der Waals surface area contributed by atoms with Gasteiger partial charge >= 0.3 is 6.09 Å². The van der Waals surface area contributed by atoms with E-state index in [9.17, 15) is 14.0 Å². The number of nitrogens with zero attached hydrogens (tertiary/aromatic N) is 2. The highest BCUT2D eigenvalue weighted by atomic mass is 32.1. The Labute approximate surface area is 209 Å². The van der Waals surface area contributed by atoms with E-state index in [1.165, 1.54) is 35.6 Å². The van der Waals surface area contributed by atoms with Gasteiger partial charge < -0.3 is 19.7 Å². The summed E-state index contributed by atoms with van der Waals surface area (Å²) in [6.07, 6.45) is 0.295. The number of thiazole rings is 1. The number of hydrogen-bond donors (Lipinski definition) is 1. The quantitative estimate of drug-likeness (QED) is 0.359. The van der Waals surface area contributed by atoms with Crippen LogP contribution < -0.4 is 10.1 Å². The molecule has 2 aromatic carbocycles. The van der Waals surface area contributed by atoms with Gasteiger partial charge in [-0.15, -0.1) is 22.7 Å². The topological polar surface area (TPSA) is 80.8 Å². The average molecular weight is 512 g/mol. The van der Waals surface area contributed by atoms with E-state index in [4.69, 9.17) is 14.5 Å². The molecule has 0 radical (unpaired) electrons. The summed E-state index contributed by atoms with van der Waals surface area (Å²) in [5, 5.41) is 4.47. The predicted octanol–water partition coefficient (Wildman–Crippen LogP) is 5.70. The molecule has 0 bridgehead atoms. The van der Waals surface area contributed by atoms with E-state index in [0.717, 1.165) is 31.2 Å². The van der Waals surface area contributed by atoms with Crippen LogP contribution in [0.4, 0.5) is 14.2 Å². The van der Waals surface area contributed by atoms with Gasteiger partial charge in [-0.2, -0.15) is 0 Å². The van der Waals surface area contributed by atoms with Gasteiger partial charge in [-0.3, -0.25) is 4.79 Å². The minimum absolute atomic E-state index is 0.220. The van der Waals surface area contributed by atoms with Crippen molar-refractivity contribution in [3.8, 4) is 16.3 Å². The number of para-hydroxylation sites is 1. The zero-order valence-electron chi connectivity index (χ0n) is 18.9. The molecule has 3 heterocycles. The lowest BCUT2D eigenvalue weighted by molar-refractivity contribution is -0.118. The highest BCUT2D eigenvalue weighted by molar-refractivity contribution is 7.22. The maximum absolute atomic E-state index is 13.1. The number of anilines is 1. The summed E-state index contributed by atoms with van der Waals surface area (Å²) in [7, 11) is 0. The van der Waals surface area contributed by atoms with Gasteiger partial charge in [0, 0.05) is 17.0 Å². The molecule has 2 aromatic heterocycles. The number of fused-ring (bicyclic) bond motifs is 2. The molecule has 0 unspecified atom stereocenters. The Hall–Kier alpha value is -3.50. The van der Waals surface area contributed by atoms with Gasteiger partial charge in [0.2, 0.25) is 0 Å². The maximum Gasteiger partial charge on any atom is 0.410 e. The van der Waals surface area contributed by atoms with Crippen LogP contribution in [0, 0.1) is 5.82 Å². The van der Waals surface area contributed by atoms with Gasteiger partial charge in [0.15, 0.2) is 6.61 Å². The number of rotatable bonds is 6. The van der Waals surface area contributed by atoms with Gasteiger partial charge in [0.1, 0.15) is 21.6 Å². The number of nitrogens with one attached hydrogen (secondary N) is 1. The van der Waals surface area contributed by atoms with Gasteiger partial charge in [0.05, 0.1) is 23.4 Å². The van der Waals surface area contributed by atoms with E-state index < -0.39 is 0 Å². The van der Waals surface area contributed by atoms with Crippen LogP contribution >= 0.6 is 22.7 Å². The SMILES string of the molecule is CCOC(=O)N1CCc2c(sc(NC(=O)COc3ccc(F)cc3)c2-c2nc3ccccc3s2)C1. The standard InChI is InChI=1S/C25H22FN3O4S2/c1-2-32-25(31)29-12-11-17-20(13-29)35-24(22(17)23-27-18-5-3-4-6-19(18)34-23)28-21(30)14-33-16-9-7-15(26)8-10-16/h3-10H,2,11-14H2,1H3,(H,28,30). The molecule has 0 fully saturated rings. The maximum atomic E-state index is 13.1. The van der Waals surface area contributed by atoms with Crippen molar-refractivity contribution in [1.82, 2.24) is 9.88 Å². The monoisotopic (exact) mass is 511 g/mol. The first-order valence-electron chi connectivity index (χ1n) is 11.1. The third-order valence-corrected chi connectivity index (χ3v) is 7.71. The summed E-state index contributed by atoms with van der Waals surface area (Å²) in [4.78, 5) is 32.6. The number of thiophene rings is 1. The van der Waals surface area contributed by atoms with Crippen molar-refractivity contribution in [1.29, 1.82) is 0 Å². The molecule has 7 nitrogen and oxygen atoms in total. The molecule has 0 aliphatic carbocycles. The van der Waals surface area contributed by atoms with E-state index in [-0.39, 0.29) is 24.4 Å². The Balaban J connectivity index is 1.43. The van der Waals surface area contributed by atoms with Gasteiger partial charge in [0.25, 0.3) is 5.91 Å². The Morgan fingerprint density at radius 1 is 1.14 bits per heavy atom. The third kappa shape index (κ3) is 4.98. The summed E-state index contributed by atoms with van der Waals surface area (Å²) < 4.78 is 24.9. The lowest BCUT2D eigenvalue weighted by atomic mass is 10.0. The summed E-state index contributed by atoms with van der Waals surface area (Å²) in [6.45, 7) is 2.83. The van der Waals surface area contributed by atoms with Crippen LogP contribution in [0.1, 0.15) is 17.4 Å². The van der Waals surface area contributed by atoms with Crippen molar-refractivity contribution in [3.05, 3.63) is 64.8 Å². The second-order valence-corrected chi connectivity index (χ2v) is 9.99. The summed E-state index contributed by atoms with van der Waals surface area (Å²) in [5.41, 5.74) is 2.88. The second-order valence-electron chi connectivity index (χ2n) is 7.86. The zero-order chi connectivity index (χ0) is 24.4. The molecule has 1 aliphatic heterocycles. The molecule has 180 valence electrons. The fourth-order valence-electron chi connectivity index (χ4n) is 3.91. The van der Waals surface area contributed by atoms with E-state index in [1.54, 1.807) is 23.2 Å². The smallest absolute Gasteiger partial charge is 0.410 e. The molecule has 1 aliphatic rings. The van der Waals surface area contributed by atoms with E-state index in [0.29, 0.717) is 36.9 Å². The lowest BCUT2D eigenvalue weighted by Crippen LogP contribution is -2.35. The number of ether oxygens (including phenoxy) is 2. The first kappa shape index (κ1) is 23.3. The fraction of sp³-hybridized carbons (Fsp3) is 0.240. The van der Waals surface area contributed by atoms with Gasteiger partial charge in [-0.1, -0.05) is 12.1 Å². The molecule has 5 rings (SSSR count). The van der Waals surface area contributed by atoms with Crippen LogP contribution in [-0.4, -0.2) is 41.6 Å². The predicted molar refractivity (Wildman–Crippen MR) is 135 cm³/mol. The number of aromatic nitrogens is 1. The van der Waals surface area contributed by atoms with Gasteiger partial charge in [-0.25, -0.2) is 14.2 Å². The minimum atomic E-state index is -0.372. The van der Waals surface area contributed by atoms with Crippen molar-refractivity contribution in [3.63, 3.8) is 0 Å². The van der Waals surface area contributed by atoms with E-state index >= 15 is 0 Å². The molecule has 10 heteroatoms. The number of carbonyl (C=O) groups is 2. The summed E-state index contributed by atoms with van der Waals surface area (Å²) >= 11 is 3.01. The molecular formula is C25H22FN3O4S2. The van der Waals surface area contributed by atoms with Crippen molar-refractivity contribution >= 4 is 49.9 Å². The van der Waals surface area contributed by atoms with Crippen molar-refractivity contribution < 1.29 is 23.5 Å². The number of carbonyl (C=O) groups excluding carboxylic acids is 2. The molecule has 1 N–H and O–H groups in total. The first-order chi connectivity index (χ1) is 17.0. The normalized spacial score (nSPS) is 12.9. The Morgan fingerprint density at radius 3 is 2.71 bits per heavy atom. The molecule has 35 heavy (non-hydrogen) atoms. The fourth-order valence-corrected chi connectivity index (χ4v) is 6.30. The number of amides is 2. The molecule has 4 aromatic rings. The first-order valence-corrected chi connectivity index (χ1v) is 12.8. The second kappa shape index (κ2) is 10.0. The largest absolute Gasteiger partial charge is 0.484 e. The number of hydrogen-bond acceptors (Lipinski definition) is 7. The van der Waals surface area contributed by atoms with E-state index in [2.05, 4.69) is 5.32 Å². The van der Waals surface area contributed by atoms with Crippen molar-refractivity contribution in [2.45, 2.75) is 19.9 Å². The van der Waals surface area contributed by atoms with Gasteiger partial charge in [-0.05, 0) is 55.3 Å². The Kier molecular flexibility index (Phi) is 6.65. The zero-order valence-corrected chi connectivity index (χ0v) is 20.5. The summed E-state index contributed by atoms with van der Waals surface area (Å²) in [5.74, 6) is -0.302. The minimum Gasteiger partial charge on any atom is -0.484 e. The Morgan fingerprint density at radius 2 is 1.94 bits per heavy atom. The number of benzene rings is 2. The van der Waals surface area contributed by atoms with Crippen LogP contribution in [-0.2, 0) is 22.5 Å².